The van der Waals surface area contributed by atoms with E-state index >= 15 is 0 Å². The number of carboxylic acids is 1. The Morgan fingerprint density at radius 2 is 2.38 bits per heavy atom. The maximum absolute atomic E-state index is 11.3. The zero-order valence-electron chi connectivity index (χ0n) is 11.2. The predicted molar refractivity (Wildman–Crippen MR) is 71.8 cm³/mol. The topological polar surface area (TPSA) is 125 Å². The third-order valence-electron chi connectivity index (χ3n) is 3.60. The lowest BCUT2D eigenvalue weighted by Crippen LogP contribution is -2.43. The average molecular weight is 291 g/mol. The molecule has 0 bridgehead atoms. The second kappa shape index (κ2) is 5.38. The molecule has 2 unspecified atom stereocenters. The summed E-state index contributed by atoms with van der Waals surface area (Å²) in [6.07, 6.45) is 0. The molecular formula is C13H13N3O5. The van der Waals surface area contributed by atoms with Gasteiger partial charge in [-0.25, -0.2) is 0 Å². The lowest BCUT2D eigenvalue weighted by molar-refractivity contribution is -0.384. The molecule has 1 aromatic rings. The van der Waals surface area contributed by atoms with Crippen LogP contribution in [0.5, 0.6) is 0 Å². The highest BCUT2D eigenvalue weighted by molar-refractivity contribution is 5.77. The summed E-state index contributed by atoms with van der Waals surface area (Å²) in [7, 11) is 0. The van der Waals surface area contributed by atoms with Crippen LogP contribution in [0.2, 0.25) is 0 Å². The molecule has 0 aromatic heterocycles. The lowest BCUT2D eigenvalue weighted by atomic mass is 9.85. The number of anilines is 1. The number of nitriles is 1. The molecule has 2 atom stereocenters. The zero-order valence-corrected chi connectivity index (χ0v) is 11.2. The number of nitrogens with one attached hydrogen (secondary N) is 1. The largest absolute Gasteiger partial charge is 0.481 e. The molecule has 0 radical (unpaired) electrons. The van der Waals surface area contributed by atoms with Crippen LogP contribution in [0.4, 0.5) is 11.4 Å². The van der Waals surface area contributed by atoms with E-state index in [4.69, 9.17) is 10.00 Å². The van der Waals surface area contributed by atoms with E-state index in [0.717, 1.165) is 6.07 Å². The zero-order chi connectivity index (χ0) is 15.6. The van der Waals surface area contributed by atoms with Crippen LogP contribution in [0, 0.1) is 26.9 Å². The quantitative estimate of drug-likeness (QED) is 0.633. The van der Waals surface area contributed by atoms with Gasteiger partial charge in [-0.05, 0) is 19.1 Å². The van der Waals surface area contributed by atoms with Crippen molar-refractivity contribution in [3.63, 3.8) is 0 Å². The van der Waals surface area contributed by atoms with E-state index in [1.807, 2.05) is 6.07 Å². The molecule has 110 valence electrons. The second-order valence-electron chi connectivity index (χ2n) is 5.04. The van der Waals surface area contributed by atoms with Gasteiger partial charge in [0.1, 0.15) is 11.1 Å². The maximum Gasteiger partial charge on any atom is 0.313 e. The van der Waals surface area contributed by atoms with E-state index in [-0.39, 0.29) is 30.2 Å². The average Bonchev–Trinajstić information content (AvgIpc) is 2.82. The van der Waals surface area contributed by atoms with Crippen LogP contribution in [-0.2, 0) is 9.53 Å². The Morgan fingerprint density at radius 3 is 2.95 bits per heavy atom. The van der Waals surface area contributed by atoms with Crippen LogP contribution in [0.1, 0.15) is 12.5 Å². The smallest absolute Gasteiger partial charge is 0.313 e. The number of benzene rings is 1. The maximum atomic E-state index is 11.3. The van der Waals surface area contributed by atoms with E-state index < -0.39 is 22.3 Å². The molecule has 21 heavy (non-hydrogen) atoms. The van der Waals surface area contributed by atoms with Crippen LogP contribution < -0.4 is 5.32 Å². The van der Waals surface area contributed by atoms with E-state index in [1.165, 1.54) is 19.1 Å². The Bertz CT molecular complexity index is 639. The van der Waals surface area contributed by atoms with Crippen molar-refractivity contribution in [1.29, 1.82) is 5.26 Å². The highest BCUT2D eigenvalue weighted by atomic mass is 16.6. The highest BCUT2D eigenvalue weighted by Gasteiger charge is 2.47. The van der Waals surface area contributed by atoms with Gasteiger partial charge < -0.3 is 15.2 Å². The summed E-state index contributed by atoms with van der Waals surface area (Å²) in [5, 5.41) is 32.0. The minimum atomic E-state index is -1.16. The van der Waals surface area contributed by atoms with Gasteiger partial charge in [0.15, 0.2) is 0 Å². The molecule has 2 rings (SSSR count). The number of rotatable bonds is 4. The van der Waals surface area contributed by atoms with Gasteiger partial charge in [-0.2, -0.15) is 5.26 Å². The summed E-state index contributed by atoms with van der Waals surface area (Å²) in [5.41, 5.74) is -1.10. The third-order valence-corrected chi connectivity index (χ3v) is 3.60. The van der Waals surface area contributed by atoms with Crippen LogP contribution >= 0.6 is 0 Å². The number of carboxylic acid groups (broad SMARTS) is 1. The first kappa shape index (κ1) is 14.7. The van der Waals surface area contributed by atoms with Gasteiger partial charge in [-0.1, -0.05) is 0 Å². The van der Waals surface area contributed by atoms with Crippen molar-refractivity contribution in [3.05, 3.63) is 33.9 Å². The van der Waals surface area contributed by atoms with Crippen LogP contribution in [0.15, 0.2) is 18.2 Å². The molecule has 0 spiro atoms. The fraction of sp³-hybridized carbons (Fsp3) is 0.385. The summed E-state index contributed by atoms with van der Waals surface area (Å²) in [4.78, 5) is 21.8. The highest BCUT2D eigenvalue weighted by Crippen LogP contribution is 2.34. The van der Waals surface area contributed by atoms with Crippen molar-refractivity contribution in [2.45, 2.75) is 13.0 Å². The Hall–Kier alpha value is -2.66. The van der Waals surface area contributed by atoms with E-state index in [0.29, 0.717) is 0 Å². The third kappa shape index (κ3) is 2.64. The number of hydrogen-bond donors (Lipinski definition) is 2. The van der Waals surface area contributed by atoms with Crippen LogP contribution in [-0.4, -0.2) is 35.3 Å². The Balaban J connectivity index is 2.34. The number of hydrogen-bond acceptors (Lipinski definition) is 6. The van der Waals surface area contributed by atoms with Gasteiger partial charge >= 0.3 is 5.97 Å². The number of aliphatic carboxylic acids is 1. The molecule has 0 amide bonds. The molecule has 1 aliphatic heterocycles. The minimum Gasteiger partial charge on any atom is -0.481 e. The van der Waals surface area contributed by atoms with Crippen LogP contribution in [0.3, 0.4) is 0 Å². The van der Waals surface area contributed by atoms with E-state index in [9.17, 15) is 20.0 Å². The van der Waals surface area contributed by atoms with Gasteiger partial charge in [0, 0.05) is 6.07 Å². The number of nitrogens with zero attached hydrogens (tertiary/aromatic N) is 2. The first-order chi connectivity index (χ1) is 9.88. The first-order valence-electron chi connectivity index (χ1n) is 6.14. The number of nitro groups is 1. The molecule has 8 nitrogen and oxygen atoms in total. The van der Waals surface area contributed by atoms with Gasteiger partial charge in [-0.3, -0.25) is 14.9 Å². The predicted octanol–water partition coefficient (Wildman–Crippen LogP) is 1.37. The second-order valence-corrected chi connectivity index (χ2v) is 5.04. The van der Waals surface area contributed by atoms with Gasteiger partial charge in [0.05, 0.1) is 35.8 Å². The fourth-order valence-electron chi connectivity index (χ4n) is 2.15. The Kier molecular flexibility index (Phi) is 3.78. The number of nitro benzene ring substituents is 1. The van der Waals surface area contributed by atoms with Gasteiger partial charge in [0.2, 0.25) is 0 Å². The summed E-state index contributed by atoms with van der Waals surface area (Å²) in [6, 6.07) is 5.21. The molecule has 1 fully saturated rings. The standard InChI is InChI=1S/C13H13N3O5/c1-13(12(17)18)7-21-6-11(13)15-9-3-2-8(5-14)4-10(9)16(19)20/h2-4,11,15H,6-7H2,1H3,(H,17,18). The normalized spacial score (nSPS) is 24.3. The summed E-state index contributed by atoms with van der Waals surface area (Å²) in [5.74, 6) is -1.03. The van der Waals surface area contributed by atoms with Crippen molar-refractivity contribution < 1.29 is 19.6 Å². The van der Waals surface area contributed by atoms with Gasteiger partial charge in [-0.15, -0.1) is 0 Å². The number of carbonyl (C=O) groups is 1. The van der Waals surface area contributed by atoms with Crippen molar-refractivity contribution in [3.8, 4) is 6.07 Å². The van der Waals surface area contributed by atoms with E-state index in [1.54, 1.807) is 0 Å². The van der Waals surface area contributed by atoms with Crippen LogP contribution in [0.25, 0.3) is 0 Å². The summed E-state index contributed by atoms with van der Waals surface area (Å²) >= 11 is 0. The Morgan fingerprint density at radius 1 is 1.67 bits per heavy atom. The molecule has 8 heteroatoms. The number of ether oxygens (including phenoxy) is 1. The molecule has 1 aromatic carbocycles. The molecule has 1 heterocycles. The van der Waals surface area contributed by atoms with E-state index in [2.05, 4.69) is 5.32 Å². The van der Waals surface area contributed by atoms with Crippen molar-refractivity contribution >= 4 is 17.3 Å². The molecule has 1 saturated heterocycles. The first-order valence-corrected chi connectivity index (χ1v) is 6.14. The van der Waals surface area contributed by atoms with Crippen molar-refractivity contribution in [1.82, 2.24) is 0 Å². The van der Waals surface area contributed by atoms with Crippen molar-refractivity contribution in [2.75, 3.05) is 18.5 Å². The monoisotopic (exact) mass is 291 g/mol. The molecule has 0 saturated carbocycles. The molecular weight excluding hydrogens is 278 g/mol. The fourth-order valence-corrected chi connectivity index (χ4v) is 2.15. The minimum absolute atomic E-state index is 0.0318. The molecule has 1 aliphatic rings. The summed E-state index contributed by atoms with van der Waals surface area (Å²) < 4.78 is 5.19. The van der Waals surface area contributed by atoms with Crippen molar-refractivity contribution in [2.24, 2.45) is 5.41 Å². The molecule has 0 aliphatic carbocycles. The van der Waals surface area contributed by atoms with Gasteiger partial charge in [0.25, 0.3) is 5.69 Å². The molecule has 2 N–H and O–H groups in total. The Labute approximate surface area is 120 Å². The summed E-state index contributed by atoms with van der Waals surface area (Å²) in [6.45, 7) is 1.69. The lowest BCUT2D eigenvalue weighted by Gasteiger charge is -2.26. The SMILES string of the molecule is CC1(C(=O)O)COCC1Nc1ccc(C#N)cc1[N+](=O)[O-].